The van der Waals surface area contributed by atoms with Crippen LogP contribution in [-0.4, -0.2) is 16.6 Å². The summed E-state index contributed by atoms with van der Waals surface area (Å²) in [4.78, 5) is 8.82. The van der Waals surface area contributed by atoms with Crippen LogP contribution in [0.1, 0.15) is 77.2 Å². The lowest BCUT2D eigenvalue weighted by Crippen LogP contribution is -2.00. The molecule has 1 aromatic carbocycles. The summed E-state index contributed by atoms with van der Waals surface area (Å²) in [6.07, 6.45) is 15.4. The minimum Gasteiger partial charge on any atom is -0.491 e. The Balaban J connectivity index is 1.85. The third-order valence-corrected chi connectivity index (χ3v) is 4.72. The predicted molar refractivity (Wildman–Crippen MR) is 110 cm³/mol. The first-order valence-electron chi connectivity index (χ1n) is 10.5. The van der Waals surface area contributed by atoms with Gasteiger partial charge >= 0.3 is 0 Å². The molecule has 27 heavy (non-hydrogen) atoms. The Morgan fingerprint density at radius 3 is 2.19 bits per heavy atom. The van der Waals surface area contributed by atoms with E-state index in [4.69, 9.17) is 4.74 Å². The van der Waals surface area contributed by atoms with Crippen LogP contribution < -0.4 is 4.74 Å². The van der Waals surface area contributed by atoms with Crippen LogP contribution in [0.25, 0.3) is 11.4 Å². The first-order chi connectivity index (χ1) is 13.2. The zero-order valence-corrected chi connectivity index (χ0v) is 16.8. The van der Waals surface area contributed by atoms with Gasteiger partial charge in [0.1, 0.15) is 0 Å². The number of aromatic nitrogens is 2. The summed E-state index contributed by atoms with van der Waals surface area (Å²) >= 11 is 0. The topological polar surface area (TPSA) is 35.0 Å². The van der Waals surface area contributed by atoms with Gasteiger partial charge in [-0.05, 0) is 43.0 Å². The van der Waals surface area contributed by atoms with E-state index in [0.29, 0.717) is 23.7 Å². The fourth-order valence-electron chi connectivity index (χ4n) is 3.03. The average molecular weight is 373 g/mol. The predicted octanol–water partition coefficient (Wildman–Crippen LogP) is 6.75. The Morgan fingerprint density at radius 1 is 0.852 bits per heavy atom. The van der Waals surface area contributed by atoms with Crippen LogP contribution in [0.2, 0.25) is 0 Å². The van der Waals surface area contributed by atoms with E-state index < -0.39 is 0 Å². The summed E-state index contributed by atoms with van der Waals surface area (Å²) in [6, 6.07) is 4.96. The van der Waals surface area contributed by atoms with Crippen molar-refractivity contribution in [3.63, 3.8) is 0 Å². The lowest BCUT2D eigenvalue weighted by atomic mass is 10.1. The molecule has 0 aliphatic heterocycles. The second-order valence-corrected chi connectivity index (χ2v) is 7.13. The molecule has 0 aliphatic rings. The quantitative estimate of drug-likeness (QED) is 0.365. The van der Waals surface area contributed by atoms with E-state index in [-0.39, 0.29) is 5.82 Å². The smallest absolute Gasteiger partial charge is 0.165 e. The molecule has 0 unspecified atom stereocenters. The minimum absolute atomic E-state index is 0.305. The van der Waals surface area contributed by atoms with Gasteiger partial charge in [-0.15, -0.1) is 0 Å². The number of aryl methyl sites for hydroxylation is 1. The molecule has 0 fully saturated rings. The van der Waals surface area contributed by atoms with Crippen molar-refractivity contribution >= 4 is 0 Å². The highest BCUT2D eigenvalue weighted by molar-refractivity contribution is 5.56. The van der Waals surface area contributed by atoms with Gasteiger partial charge in [-0.1, -0.05) is 58.8 Å². The van der Waals surface area contributed by atoms with Crippen molar-refractivity contribution in [2.24, 2.45) is 0 Å². The highest BCUT2D eigenvalue weighted by atomic mass is 19.1. The summed E-state index contributed by atoms with van der Waals surface area (Å²) < 4.78 is 19.8. The number of benzene rings is 1. The standard InChI is InChI=1S/C23H33FN2O/c1-3-5-7-9-10-12-19-17-25-23(26-18-19)20-13-14-22(21(24)16-20)27-15-11-8-6-4-2/h13-14,16-18H,3-12,15H2,1-2H3. The number of rotatable bonds is 13. The second kappa shape index (κ2) is 12.4. The van der Waals surface area contributed by atoms with Crippen LogP contribution >= 0.6 is 0 Å². The van der Waals surface area contributed by atoms with Gasteiger partial charge in [-0.2, -0.15) is 0 Å². The first-order valence-corrected chi connectivity index (χ1v) is 10.5. The number of hydrogen-bond donors (Lipinski definition) is 0. The number of ether oxygens (including phenoxy) is 1. The number of unbranched alkanes of at least 4 members (excludes halogenated alkanes) is 7. The van der Waals surface area contributed by atoms with E-state index in [1.807, 2.05) is 18.5 Å². The van der Waals surface area contributed by atoms with E-state index in [2.05, 4.69) is 23.8 Å². The third kappa shape index (κ3) is 7.66. The van der Waals surface area contributed by atoms with Gasteiger partial charge < -0.3 is 4.74 Å². The van der Waals surface area contributed by atoms with E-state index in [1.165, 1.54) is 51.0 Å². The lowest BCUT2D eigenvalue weighted by molar-refractivity contribution is 0.290. The highest BCUT2D eigenvalue weighted by Gasteiger charge is 2.08. The van der Waals surface area contributed by atoms with Crippen LogP contribution in [0.4, 0.5) is 4.39 Å². The zero-order chi connectivity index (χ0) is 19.3. The molecule has 2 rings (SSSR count). The Bertz CT molecular complexity index is 658. The molecule has 0 bridgehead atoms. The number of nitrogens with zero attached hydrogens (tertiary/aromatic N) is 2. The van der Waals surface area contributed by atoms with Crippen LogP contribution in [0.5, 0.6) is 5.75 Å². The van der Waals surface area contributed by atoms with Gasteiger partial charge in [0, 0.05) is 18.0 Å². The first kappa shape index (κ1) is 21.3. The van der Waals surface area contributed by atoms with E-state index >= 15 is 0 Å². The van der Waals surface area contributed by atoms with Crippen molar-refractivity contribution in [1.29, 1.82) is 0 Å². The monoisotopic (exact) mass is 372 g/mol. The molecule has 0 amide bonds. The van der Waals surface area contributed by atoms with Gasteiger partial charge in [0.25, 0.3) is 0 Å². The van der Waals surface area contributed by atoms with Crippen molar-refractivity contribution < 1.29 is 9.13 Å². The van der Waals surface area contributed by atoms with Crippen molar-refractivity contribution in [3.8, 4) is 17.1 Å². The van der Waals surface area contributed by atoms with Crippen LogP contribution in [-0.2, 0) is 6.42 Å². The molecule has 148 valence electrons. The molecule has 0 N–H and O–H groups in total. The van der Waals surface area contributed by atoms with Crippen LogP contribution in [0.3, 0.4) is 0 Å². The molecule has 1 heterocycles. The van der Waals surface area contributed by atoms with Gasteiger partial charge in [0.05, 0.1) is 6.61 Å². The highest BCUT2D eigenvalue weighted by Crippen LogP contribution is 2.24. The maximum absolute atomic E-state index is 14.3. The molecule has 3 nitrogen and oxygen atoms in total. The second-order valence-electron chi connectivity index (χ2n) is 7.13. The van der Waals surface area contributed by atoms with Crippen molar-refractivity contribution in [2.75, 3.05) is 6.61 Å². The number of halogens is 1. The maximum Gasteiger partial charge on any atom is 0.165 e. The molecular formula is C23H33FN2O. The zero-order valence-electron chi connectivity index (χ0n) is 16.8. The molecule has 0 spiro atoms. The van der Waals surface area contributed by atoms with Gasteiger partial charge in [-0.25, -0.2) is 14.4 Å². The molecule has 0 radical (unpaired) electrons. The van der Waals surface area contributed by atoms with Crippen molar-refractivity contribution in [3.05, 3.63) is 42.0 Å². The Kier molecular flexibility index (Phi) is 9.81. The van der Waals surface area contributed by atoms with Crippen molar-refractivity contribution in [1.82, 2.24) is 9.97 Å². The van der Waals surface area contributed by atoms with Crippen LogP contribution in [0.15, 0.2) is 30.6 Å². The van der Waals surface area contributed by atoms with Gasteiger partial charge in [0.15, 0.2) is 17.4 Å². The van der Waals surface area contributed by atoms with Crippen molar-refractivity contribution in [2.45, 2.75) is 78.1 Å². The van der Waals surface area contributed by atoms with Gasteiger partial charge in [0.2, 0.25) is 0 Å². The summed E-state index contributed by atoms with van der Waals surface area (Å²) in [7, 11) is 0. The Morgan fingerprint density at radius 2 is 1.52 bits per heavy atom. The Labute approximate surface area is 163 Å². The van der Waals surface area contributed by atoms with Crippen LogP contribution in [0, 0.1) is 5.82 Å². The summed E-state index contributed by atoms with van der Waals surface area (Å²) in [5, 5.41) is 0. The molecule has 2 aromatic rings. The summed E-state index contributed by atoms with van der Waals surface area (Å²) in [6.45, 7) is 4.95. The lowest BCUT2D eigenvalue weighted by Gasteiger charge is -2.08. The average Bonchev–Trinajstić information content (AvgIpc) is 2.69. The molecule has 1 aromatic heterocycles. The molecule has 0 saturated heterocycles. The molecule has 0 saturated carbocycles. The van der Waals surface area contributed by atoms with E-state index in [1.54, 1.807) is 6.07 Å². The molecule has 0 aliphatic carbocycles. The number of hydrogen-bond acceptors (Lipinski definition) is 3. The Hall–Kier alpha value is -1.97. The maximum atomic E-state index is 14.3. The molecule has 4 heteroatoms. The fraction of sp³-hybridized carbons (Fsp3) is 0.565. The van der Waals surface area contributed by atoms with E-state index in [9.17, 15) is 4.39 Å². The summed E-state index contributed by atoms with van der Waals surface area (Å²) in [5.41, 5.74) is 1.82. The molecular weight excluding hydrogens is 339 g/mol. The summed E-state index contributed by atoms with van der Waals surface area (Å²) in [5.74, 6) is 0.503. The fourth-order valence-corrected chi connectivity index (χ4v) is 3.03. The molecule has 0 atom stereocenters. The largest absolute Gasteiger partial charge is 0.491 e. The van der Waals surface area contributed by atoms with E-state index in [0.717, 1.165) is 24.8 Å². The normalized spacial score (nSPS) is 10.9. The third-order valence-electron chi connectivity index (χ3n) is 4.72. The minimum atomic E-state index is -0.355. The van der Waals surface area contributed by atoms with Gasteiger partial charge in [-0.3, -0.25) is 0 Å². The SMILES string of the molecule is CCCCCCCc1cnc(-c2ccc(OCCCCCC)c(F)c2)nc1.